The molecular formula is C21H16Cl2N4O2. The second kappa shape index (κ2) is 9.28. The van der Waals surface area contributed by atoms with E-state index in [1.165, 1.54) is 12.1 Å². The summed E-state index contributed by atoms with van der Waals surface area (Å²) in [5.74, 6) is 0.877. The van der Waals surface area contributed by atoms with Crippen molar-refractivity contribution in [1.29, 1.82) is 5.26 Å². The van der Waals surface area contributed by atoms with E-state index < -0.39 is 5.91 Å². The molecule has 1 N–H and O–H groups in total. The average molecular weight is 427 g/mol. The maximum absolute atomic E-state index is 12.4. The van der Waals surface area contributed by atoms with Crippen molar-refractivity contribution < 1.29 is 9.53 Å². The zero-order valence-corrected chi connectivity index (χ0v) is 16.9. The molecule has 6 nitrogen and oxygen atoms in total. The normalized spacial score (nSPS) is 11.0. The van der Waals surface area contributed by atoms with Crippen LogP contribution in [0.3, 0.4) is 0 Å². The number of nitrogens with one attached hydrogen (secondary N) is 1. The quantitative estimate of drug-likeness (QED) is 0.451. The van der Waals surface area contributed by atoms with Crippen LogP contribution in [-0.4, -0.2) is 15.5 Å². The van der Waals surface area contributed by atoms with Crippen LogP contribution in [0.1, 0.15) is 11.4 Å². The van der Waals surface area contributed by atoms with Crippen molar-refractivity contribution >= 4 is 40.9 Å². The van der Waals surface area contributed by atoms with Crippen molar-refractivity contribution in [2.75, 3.05) is 5.32 Å². The molecule has 0 bridgehead atoms. The van der Waals surface area contributed by atoms with E-state index in [0.29, 0.717) is 33.7 Å². The third-order valence-electron chi connectivity index (χ3n) is 4.02. The summed E-state index contributed by atoms with van der Waals surface area (Å²) < 4.78 is 7.57. The Hall–Kier alpha value is -3.27. The summed E-state index contributed by atoms with van der Waals surface area (Å²) in [7, 11) is 1.89. The molecule has 0 aliphatic carbocycles. The first kappa shape index (κ1) is 20.5. The lowest BCUT2D eigenvalue weighted by Crippen LogP contribution is -2.13. The van der Waals surface area contributed by atoms with Crippen molar-refractivity contribution in [1.82, 2.24) is 9.55 Å². The first-order chi connectivity index (χ1) is 14.0. The summed E-state index contributed by atoms with van der Waals surface area (Å²) >= 11 is 12.0. The van der Waals surface area contributed by atoms with Crippen LogP contribution in [0.25, 0.3) is 6.08 Å². The number of carbonyl (C=O) groups is 1. The number of nitrogens with zero attached hydrogens (tertiary/aromatic N) is 3. The maximum Gasteiger partial charge on any atom is 0.266 e. The largest absolute Gasteiger partial charge is 0.486 e. The van der Waals surface area contributed by atoms with E-state index in [-0.39, 0.29) is 5.57 Å². The lowest BCUT2D eigenvalue weighted by Gasteiger charge is -2.08. The maximum atomic E-state index is 12.4. The smallest absolute Gasteiger partial charge is 0.266 e. The van der Waals surface area contributed by atoms with Gasteiger partial charge in [-0.1, -0.05) is 35.3 Å². The highest BCUT2D eigenvalue weighted by Crippen LogP contribution is 2.26. The fourth-order valence-corrected chi connectivity index (χ4v) is 2.78. The van der Waals surface area contributed by atoms with E-state index in [1.54, 1.807) is 42.6 Å². The van der Waals surface area contributed by atoms with Gasteiger partial charge < -0.3 is 14.6 Å². The Morgan fingerprint density at radius 1 is 1.28 bits per heavy atom. The summed E-state index contributed by atoms with van der Waals surface area (Å²) in [4.78, 5) is 16.6. The summed E-state index contributed by atoms with van der Waals surface area (Å²) in [6, 6.07) is 13.6. The van der Waals surface area contributed by atoms with E-state index >= 15 is 0 Å². The van der Waals surface area contributed by atoms with Gasteiger partial charge in [0, 0.05) is 24.5 Å². The predicted molar refractivity (Wildman–Crippen MR) is 113 cm³/mol. The Kier molecular flexibility index (Phi) is 6.55. The minimum Gasteiger partial charge on any atom is -0.486 e. The fourth-order valence-electron chi connectivity index (χ4n) is 2.44. The molecule has 1 aromatic heterocycles. The highest BCUT2D eigenvalue weighted by atomic mass is 35.5. The Labute approximate surface area is 178 Å². The minimum atomic E-state index is -0.577. The third kappa shape index (κ3) is 5.38. The molecule has 0 spiro atoms. The average Bonchev–Trinajstić information content (AvgIpc) is 3.13. The van der Waals surface area contributed by atoms with E-state index in [2.05, 4.69) is 10.3 Å². The molecule has 146 valence electrons. The van der Waals surface area contributed by atoms with Gasteiger partial charge in [0.1, 0.15) is 29.8 Å². The van der Waals surface area contributed by atoms with Crippen molar-refractivity contribution in [3.05, 3.63) is 81.9 Å². The second-order valence-corrected chi connectivity index (χ2v) is 6.90. The van der Waals surface area contributed by atoms with Crippen LogP contribution >= 0.6 is 23.2 Å². The molecule has 1 heterocycles. The molecule has 1 amide bonds. The lowest BCUT2D eigenvalue weighted by atomic mass is 10.1. The number of ether oxygens (including phenoxy) is 1. The molecule has 8 heteroatoms. The first-order valence-electron chi connectivity index (χ1n) is 8.53. The molecule has 3 rings (SSSR count). The van der Waals surface area contributed by atoms with E-state index in [4.69, 9.17) is 27.9 Å². The molecule has 0 radical (unpaired) electrons. The Morgan fingerprint density at radius 3 is 2.69 bits per heavy atom. The van der Waals surface area contributed by atoms with Gasteiger partial charge in [0.25, 0.3) is 5.91 Å². The summed E-state index contributed by atoms with van der Waals surface area (Å²) in [6.07, 6.45) is 5.03. The van der Waals surface area contributed by atoms with Gasteiger partial charge in [0.05, 0.1) is 10.7 Å². The highest BCUT2D eigenvalue weighted by molar-refractivity contribution is 6.36. The molecule has 0 aliphatic heterocycles. The molecule has 2 aromatic carbocycles. The molecule has 0 saturated carbocycles. The minimum absolute atomic E-state index is 0.0669. The number of halogens is 2. The molecule has 29 heavy (non-hydrogen) atoms. The van der Waals surface area contributed by atoms with Crippen molar-refractivity contribution in [2.24, 2.45) is 7.05 Å². The number of benzene rings is 2. The van der Waals surface area contributed by atoms with E-state index in [9.17, 15) is 10.1 Å². The topological polar surface area (TPSA) is 79.9 Å². The van der Waals surface area contributed by atoms with Crippen LogP contribution in [-0.2, 0) is 18.4 Å². The van der Waals surface area contributed by atoms with Crippen molar-refractivity contribution in [3.63, 3.8) is 0 Å². The van der Waals surface area contributed by atoms with Crippen LogP contribution in [0.5, 0.6) is 5.75 Å². The van der Waals surface area contributed by atoms with Gasteiger partial charge in [-0.25, -0.2) is 4.98 Å². The number of aryl methyl sites for hydroxylation is 1. The number of hydrogen-bond donors (Lipinski definition) is 1. The number of imidazole rings is 1. The van der Waals surface area contributed by atoms with Gasteiger partial charge in [0.15, 0.2) is 0 Å². The number of hydrogen-bond acceptors (Lipinski definition) is 4. The SMILES string of the molecule is Cn1ccnc1COc1ccc(/C=C(\C#N)C(=O)Nc2cc(Cl)ccc2Cl)cc1. The molecule has 0 unspecified atom stereocenters. The Morgan fingerprint density at radius 2 is 2.03 bits per heavy atom. The highest BCUT2D eigenvalue weighted by Gasteiger charge is 2.12. The molecular weight excluding hydrogens is 411 g/mol. The van der Waals surface area contributed by atoms with Gasteiger partial charge in [-0.2, -0.15) is 5.26 Å². The van der Waals surface area contributed by atoms with Gasteiger partial charge >= 0.3 is 0 Å². The first-order valence-corrected chi connectivity index (χ1v) is 9.29. The molecule has 0 atom stereocenters. The molecule has 3 aromatic rings. The molecule has 0 fully saturated rings. The standard InChI is InChI=1S/C21H16Cl2N4O2/c1-27-9-8-25-20(27)13-29-17-5-2-14(3-6-17)10-15(12-24)21(28)26-19-11-16(22)4-7-18(19)23/h2-11H,13H2,1H3,(H,26,28)/b15-10+. The zero-order chi connectivity index (χ0) is 20.8. The van der Waals surface area contributed by atoms with Crippen LogP contribution in [0.4, 0.5) is 5.69 Å². The number of amides is 1. The number of carbonyl (C=O) groups excluding carboxylic acids is 1. The van der Waals surface area contributed by atoms with Crippen molar-refractivity contribution in [2.45, 2.75) is 6.61 Å². The Balaban J connectivity index is 1.68. The monoisotopic (exact) mass is 426 g/mol. The Bertz CT molecular complexity index is 1100. The third-order valence-corrected chi connectivity index (χ3v) is 4.59. The number of rotatable bonds is 6. The second-order valence-electron chi connectivity index (χ2n) is 6.06. The van der Waals surface area contributed by atoms with Gasteiger partial charge in [-0.3, -0.25) is 4.79 Å². The lowest BCUT2D eigenvalue weighted by molar-refractivity contribution is -0.112. The van der Waals surface area contributed by atoms with Crippen LogP contribution in [0, 0.1) is 11.3 Å². The van der Waals surface area contributed by atoms with E-state index in [0.717, 1.165) is 5.82 Å². The van der Waals surface area contributed by atoms with Crippen LogP contribution in [0.15, 0.2) is 60.4 Å². The van der Waals surface area contributed by atoms with Crippen LogP contribution in [0.2, 0.25) is 10.0 Å². The number of anilines is 1. The fraction of sp³-hybridized carbons (Fsp3) is 0.0952. The predicted octanol–water partition coefficient (Wildman–Crippen LogP) is 4.85. The van der Waals surface area contributed by atoms with Crippen molar-refractivity contribution in [3.8, 4) is 11.8 Å². The molecule has 0 aliphatic rings. The van der Waals surface area contributed by atoms with E-state index in [1.807, 2.05) is 23.9 Å². The van der Waals surface area contributed by atoms with Gasteiger partial charge in [0.2, 0.25) is 0 Å². The molecule has 0 saturated heterocycles. The van der Waals surface area contributed by atoms with Gasteiger partial charge in [-0.05, 0) is 42.0 Å². The van der Waals surface area contributed by atoms with Crippen LogP contribution < -0.4 is 10.1 Å². The summed E-state index contributed by atoms with van der Waals surface area (Å²) in [5.41, 5.74) is 0.948. The number of nitriles is 1. The van der Waals surface area contributed by atoms with Gasteiger partial charge in [-0.15, -0.1) is 0 Å². The summed E-state index contributed by atoms with van der Waals surface area (Å²) in [6.45, 7) is 0.338. The zero-order valence-electron chi connectivity index (χ0n) is 15.4. The summed E-state index contributed by atoms with van der Waals surface area (Å²) in [5, 5.41) is 12.7. The number of aromatic nitrogens is 2.